The van der Waals surface area contributed by atoms with Gasteiger partial charge in [0.25, 0.3) is 0 Å². The Morgan fingerprint density at radius 2 is 1.23 bits per heavy atom. The zero-order valence-electron chi connectivity index (χ0n) is 61.6. The largest absolute Gasteiger partial charge is 0.481 e. The van der Waals surface area contributed by atoms with Crippen molar-refractivity contribution in [2.24, 2.45) is 67.9 Å². The lowest BCUT2D eigenvalue weighted by atomic mass is 9.97. The predicted molar refractivity (Wildman–Crippen MR) is 397 cm³/mol. The van der Waals surface area contributed by atoms with Gasteiger partial charge in [-0.25, -0.2) is 0 Å². The maximum absolute atomic E-state index is 14.1. The Hall–Kier alpha value is -7.94. The quantitative estimate of drug-likeness (QED) is 0.0164. The summed E-state index contributed by atoms with van der Waals surface area (Å²) in [7, 11) is 0. The molecule has 36 nitrogen and oxygen atoms in total. The predicted octanol–water partition coefficient (Wildman–Crippen LogP) is -5.41. The second kappa shape index (κ2) is 52.9. The minimum atomic E-state index is -1.54. The lowest BCUT2D eigenvalue weighted by Gasteiger charge is -2.31. The maximum Gasteiger partial charge on any atom is 0.320 e. The number of amides is 8. The van der Waals surface area contributed by atoms with Crippen LogP contribution in [0, 0.1) is 37.4 Å². The number of carboxylic acid groups (broad SMARTS) is 2. The van der Waals surface area contributed by atoms with Gasteiger partial charge in [0.1, 0.15) is 30.2 Å². The Kier molecular flexibility index (Phi) is 46.9. The van der Waals surface area contributed by atoms with E-state index < -0.39 is 115 Å². The van der Waals surface area contributed by atoms with Gasteiger partial charge in [0, 0.05) is 128 Å². The second-order valence-electron chi connectivity index (χ2n) is 27.0. The first kappa shape index (κ1) is 92.1. The normalized spacial score (nSPS) is 16.1. The Labute approximate surface area is 612 Å². The van der Waals surface area contributed by atoms with E-state index >= 15 is 0 Å². The highest BCUT2D eigenvalue weighted by atomic mass is 16.4. The lowest BCUT2D eigenvalue weighted by molar-refractivity contribution is -0.142. The third kappa shape index (κ3) is 40.9. The number of nitrogens with zero attached hydrogens (tertiary/aromatic N) is 3. The molecule has 3 radical (unpaired) electrons. The standard InChI is InChI=1S/C68H124N23O13/c1-7-44(6)54(39-84-48(33-45-14-9-8-10-15-45)37-82-46(16-11-23-80-67(72)73)36-85-51(66(103)104)17-12-24-81-68(74)75)86-38-49(41-92)83-35-47(19-21-56(70)93)78-29-27-76-25-26-77-28-30-79-64(101)60(43(4)5)90-63(100)55-18-13-31-91(55)65(102)53(32-42(2)3)88-58(95)40-87-62(99)52(34-57(71)94)89-61(98)50(69)20-22-59(96)97/h8-10,14-15,26-27,30,42-44,46-55,60,76-78,82-86,92H,7,11-13,16-25,28-29,31-41,69H2,1-6H3,(H2,70,93)(H2,71,94)(H,79,101)(H,87,99)(H,88,95)(H,89,98)(H,90,100)(H,96,97)(H,103,104)(H4,72,73,80)(H4,74,75,81)/t44-,46-,47-,48-,49+,50-,51-,52-,53-,54+,55-,60-/m0/s1. The molecule has 12 atom stereocenters. The van der Waals surface area contributed by atoms with E-state index in [0.29, 0.717) is 110 Å². The minimum absolute atomic E-state index is 0.00293. The number of hydrogen-bond acceptors (Lipinski definition) is 22. The highest BCUT2D eigenvalue weighted by Crippen LogP contribution is 2.22. The molecule has 1 fully saturated rings. The molecule has 1 aromatic carbocycles. The monoisotopic (exact) mass is 1470 g/mol. The van der Waals surface area contributed by atoms with Gasteiger partial charge in [-0.2, -0.15) is 0 Å². The Balaban J connectivity index is 1.94. The number of primary amides is 2. The van der Waals surface area contributed by atoms with Crippen LogP contribution in [-0.2, 0) is 54.4 Å². The molecule has 1 aromatic rings. The highest BCUT2D eigenvalue weighted by molar-refractivity contribution is 5.97. The molecule has 0 aliphatic carbocycles. The Bertz CT molecular complexity index is 2780. The molecule has 589 valence electrons. The van der Waals surface area contributed by atoms with E-state index in [4.69, 9.17) is 45.2 Å². The van der Waals surface area contributed by atoms with E-state index in [9.17, 15) is 58.2 Å². The summed E-state index contributed by atoms with van der Waals surface area (Å²) in [4.78, 5) is 137. The zero-order chi connectivity index (χ0) is 77.5. The van der Waals surface area contributed by atoms with Crippen molar-refractivity contribution in [3.05, 3.63) is 55.5 Å². The number of nitrogens with one attached hydrogen (secondary N) is 13. The van der Waals surface area contributed by atoms with Crippen LogP contribution in [0.4, 0.5) is 0 Å². The molecule has 8 amide bonds. The van der Waals surface area contributed by atoms with E-state index in [1.54, 1.807) is 20.4 Å². The van der Waals surface area contributed by atoms with E-state index in [2.05, 4.69) is 105 Å². The molecule has 1 aliphatic heterocycles. The van der Waals surface area contributed by atoms with E-state index in [1.807, 2.05) is 38.6 Å². The molecule has 36 heteroatoms. The van der Waals surface area contributed by atoms with Gasteiger partial charge in [-0.1, -0.05) is 78.3 Å². The highest BCUT2D eigenvalue weighted by Gasteiger charge is 2.40. The van der Waals surface area contributed by atoms with Crippen molar-refractivity contribution < 1.29 is 63.3 Å². The molecule has 0 saturated carbocycles. The molecule has 0 aromatic heterocycles. The van der Waals surface area contributed by atoms with Crippen LogP contribution in [0.2, 0.25) is 0 Å². The number of rotatable bonds is 60. The summed E-state index contributed by atoms with van der Waals surface area (Å²) in [5.41, 5.74) is 39.9. The minimum Gasteiger partial charge on any atom is -0.481 e. The zero-order valence-corrected chi connectivity index (χ0v) is 61.6. The molecule has 0 spiro atoms. The SMILES string of the molecule is CC[C@H](C)[C@@H](CN[C@H](CN[C@@H](CCCN=C(N)N)CN[C@@H](CCCN=C(N)N)C(=O)O)Cc1ccccc1)NC[C@H](CO)NC[C@H](CCC(N)=O)NC[CH]NC[CH]NC[CH]NC(=O)[C@@H](NC(=O)[C@@H]1CCCN1C(=O)[C@H](CC(C)C)NC(=O)CNC(=O)[C@H](CC(N)=O)NC(=O)[C@@H](N)CCC(=O)O)C(C)C. The number of benzene rings is 1. The number of nitrogens with two attached hydrogens (primary N) is 7. The Morgan fingerprint density at radius 3 is 1.84 bits per heavy atom. The van der Waals surface area contributed by atoms with Gasteiger partial charge in [0.2, 0.25) is 47.3 Å². The lowest BCUT2D eigenvalue weighted by Crippen LogP contribution is -2.58. The molecule has 0 bridgehead atoms. The molecule has 2 rings (SSSR count). The fourth-order valence-electron chi connectivity index (χ4n) is 11.3. The van der Waals surface area contributed by atoms with Gasteiger partial charge in [-0.15, -0.1) is 0 Å². The van der Waals surface area contributed by atoms with Crippen molar-refractivity contribution in [1.29, 1.82) is 0 Å². The van der Waals surface area contributed by atoms with E-state index in [0.717, 1.165) is 12.0 Å². The van der Waals surface area contributed by atoms with Crippen LogP contribution < -0.4 is 109 Å². The van der Waals surface area contributed by atoms with Crippen molar-refractivity contribution in [3.8, 4) is 0 Å². The summed E-state index contributed by atoms with van der Waals surface area (Å²) in [6.07, 6.45) is 3.95. The van der Waals surface area contributed by atoms with Crippen LogP contribution in [0.1, 0.15) is 131 Å². The molecule has 0 unspecified atom stereocenters. The van der Waals surface area contributed by atoms with Crippen LogP contribution in [-0.4, -0.2) is 243 Å². The summed E-state index contributed by atoms with van der Waals surface area (Å²) < 4.78 is 0. The van der Waals surface area contributed by atoms with Crippen molar-refractivity contribution in [2.45, 2.75) is 198 Å². The van der Waals surface area contributed by atoms with Crippen LogP contribution in [0.15, 0.2) is 40.3 Å². The average molecular weight is 1470 g/mol. The molecular weight excluding hydrogens is 1350 g/mol. The molecule has 1 aliphatic rings. The van der Waals surface area contributed by atoms with Gasteiger partial charge in [0.15, 0.2) is 11.9 Å². The average Bonchev–Trinajstić information content (AvgIpc) is 1.64. The number of carboxylic acids is 2. The fraction of sp³-hybridized carbons (Fsp3) is 0.691. The summed E-state index contributed by atoms with van der Waals surface area (Å²) in [5, 5.41) is 69.9. The summed E-state index contributed by atoms with van der Waals surface area (Å²) in [5.74, 6) is -8.07. The number of carbonyl (C=O) groups is 10. The van der Waals surface area contributed by atoms with Crippen molar-refractivity contribution in [3.63, 3.8) is 0 Å². The van der Waals surface area contributed by atoms with Gasteiger partial charge < -0.3 is 129 Å². The smallest absolute Gasteiger partial charge is 0.320 e. The van der Waals surface area contributed by atoms with E-state index in [-0.39, 0.29) is 98.8 Å². The number of aliphatic hydroxyl groups excluding tert-OH is 1. The number of aliphatic imine (C=N–C) groups is 2. The molecule has 1 heterocycles. The fourth-order valence-corrected chi connectivity index (χ4v) is 11.3. The number of aliphatic carboxylic acids is 2. The van der Waals surface area contributed by atoms with Gasteiger partial charge in [0.05, 0.1) is 32.2 Å². The summed E-state index contributed by atoms with van der Waals surface area (Å²) >= 11 is 0. The van der Waals surface area contributed by atoms with Crippen LogP contribution >= 0.6 is 0 Å². The molecule has 30 N–H and O–H groups in total. The topological polar surface area (TPSA) is 598 Å². The van der Waals surface area contributed by atoms with Crippen LogP contribution in [0.5, 0.6) is 0 Å². The van der Waals surface area contributed by atoms with Crippen molar-refractivity contribution >= 4 is 71.1 Å². The first-order valence-electron chi connectivity index (χ1n) is 36.1. The van der Waals surface area contributed by atoms with Crippen LogP contribution in [0.25, 0.3) is 0 Å². The maximum atomic E-state index is 14.1. The van der Waals surface area contributed by atoms with Gasteiger partial charge in [-0.05, 0) is 87.5 Å². The van der Waals surface area contributed by atoms with E-state index in [1.165, 1.54) is 11.4 Å². The number of carbonyl (C=O) groups excluding carboxylic acids is 8. The molecule has 1 saturated heterocycles. The summed E-state index contributed by atoms with van der Waals surface area (Å²) in [6, 6.07) is 2.80. The van der Waals surface area contributed by atoms with Crippen LogP contribution in [0.3, 0.4) is 0 Å². The first-order chi connectivity index (χ1) is 49.4. The first-order valence-corrected chi connectivity index (χ1v) is 36.1. The second-order valence-corrected chi connectivity index (χ2v) is 27.0. The van der Waals surface area contributed by atoms with Gasteiger partial charge >= 0.3 is 11.9 Å². The van der Waals surface area contributed by atoms with Gasteiger partial charge in [-0.3, -0.25) is 57.9 Å². The number of likely N-dealkylation sites (tertiary alicyclic amines) is 1. The Morgan fingerprint density at radius 1 is 0.625 bits per heavy atom. The number of hydrogen-bond donors (Lipinski definition) is 23. The van der Waals surface area contributed by atoms with Crippen molar-refractivity contribution in [1.82, 2.24) is 74.0 Å². The number of guanidine groups is 2. The number of aliphatic hydroxyl groups is 1. The summed E-state index contributed by atoms with van der Waals surface area (Å²) in [6.45, 7) is 20.2. The third-order valence-electron chi connectivity index (χ3n) is 17.4. The third-order valence-corrected chi connectivity index (χ3v) is 17.4. The molecule has 104 heavy (non-hydrogen) atoms. The molecular formula is C68H124N23O13. The van der Waals surface area contributed by atoms with Crippen molar-refractivity contribution in [2.75, 3.05) is 85.1 Å².